The Balaban J connectivity index is 1.53. The number of para-hydroxylation sites is 1. The maximum atomic E-state index is 10.9. The summed E-state index contributed by atoms with van der Waals surface area (Å²) in [7, 11) is 1.10. The molecule has 0 saturated carbocycles. The number of likely N-dealkylation sites (tertiary alicyclic amines) is 1. The third-order valence-electron chi connectivity index (χ3n) is 6.08. The highest BCUT2D eigenvalue weighted by Crippen LogP contribution is 2.35. The second kappa shape index (κ2) is 11.7. The monoisotopic (exact) mass is 516 g/mol. The van der Waals surface area contributed by atoms with Gasteiger partial charge in [-0.15, -0.1) is 0 Å². The summed E-state index contributed by atoms with van der Waals surface area (Å²) in [6.45, 7) is 2.34. The number of aromatic nitrogens is 2. The van der Waals surface area contributed by atoms with E-state index in [9.17, 15) is 8.42 Å². The van der Waals surface area contributed by atoms with Crippen molar-refractivity contribution >= 4 is 45.6 Å². The summed E-state index contributed by atoms with van der Waals surface area (Å²) in [4.78, 5) is 11.2. The first-order valence-electron chi connectivity index (χ1n) is 11.3. The number of methoxy groups -OCH3 is 1. The maximum absolute atomic E-state index is 10.9. The molecule has 11 heteroatoms. The Hall–Kier alpha value is -2.92. The molecule has 2 aromatic carbocycles. The van der Waals surface area contributed by atoms with Crippen LogP contribution in [0, 0.1) is 0 Å². The van der Waals surface area contributed by atoms with E-state index in [0.29, 0.717) is 28.4 Å². The number of benzene rings is 2. The predicted molar refractivity (Wildman–Crippen MR) is 140 cm³/mol. The average molecular weight is 517 g/mol. The highest BCUT2D eigenvalue weighted by atomic mass is 35.5. The Labute approximate surface area is 212 Å². The normalized spacial score (nSPS) is 14.7. The zero-order valence-corrected chi connectivity index (χ0v) is 21.3. The smallest absolute Gasteiger partial charge is 0.229 e. The molecule has 1 fully saturated rings. The number of halogens is 1. The molecule has 0 amide bonds. The molecule has 3 N–H and O–H groups in total. The van der Waals surface area contributed by atoms with Gasteiger partial charge in [0.05, 0.1) is 19.0 Å². The highest BCUT2D eigenvalue weighted by molar-refractivity contribution is 7.70. The number of rotatable bonds is 9. The lowest BCUT2D eigenvalue weighted by Gasteiger charge is -2.29. The van der Waals surface area contributed by atoms with Gasteiger partial charge in [0.1, 0.15) is 10.8 Å². The number of thiol groups is 1. The van der Waals surface area contributed by atoms with Gasteiger partial charge in [-0.1, -0.05) is 35.9 Å². The van der Waals surface area contributed by atoms with Crippen LogP contribution >= 0.6 is 11.6 Å². The van der Waals surface area contributed by atoms with Gasteiger partial charge in [-0.2, -0.15) is 4.98 Å². The lowest BCUT2D eigenvalue weighted by molar-refractivity contribution is 0.255. The maximum Gasteiger partial charge on any atom is 0.229 e. The van der Waals surface area contributed by atoms with Gasteiger partial charge in [0.15, 0.2) is 5.82 Å². The van der Waals surface area contributed by atoms with E-state index in [2.05, 4.69) is 49.4 Å². The molecule has 1 saturated heterocycles. The fourth-order valence-electron chi connectivity index (χ4n) is 4.12. The SMILES string of the molecule is COc1cc(C2CCN(C)CC2)ccc1Nc1ncc(Cl)c(Nc2ccccc2CN[SH](=O)=O)n1. The van der Waals surface area contributed by atoms with Crippen LogP contribution in [0.25, 0.3) is 0 Å². The van der Waals surface area contributed by atoms with E-state index < -0.39 is 10.9 Å². The van der Waals surface area contributed by atoms with Crippen molar-refractivity contribution in [2.45, 2.75) is 25.3 Å². The van der Waals surface area contributed by atoms with Crippen LogP contribution in [0.4, 0.5) is 23.1 Å². The van der Waals surface area contributed by atoms with Gasteiger partial charge < -0.3 is 20.3 Å². The van der Waals surface area contributed by atoms with Crippen LogP contribution in [0.3, 0.4) is 0 Å². The molecule has 186 valence electrons. The van der Waals surface area contributed by atoms with Gasteiger partial charge >= 0.3 is 0 Å². The molecular formula is C24H29ClN6O3S. The Morgan fingerprint density at radius 2 is 1.89 bits per heavy atom. The second-order valence-corrected chi connectivity index (χ2v) is 9.66. The minimum atomic E-state index is -2.70. The second-order valence-electron chi connectivity index (χ2n) is 8.43. The third-order valence-corrected chi connectivity index (χ3v) is 6.77. The molecule has 0 atom stereocenters. The zero-order valence-electron chi connectivity index (χ0n) is 19.6. The molecule has 2 heterocycles. The molecule has 0 unspecified atom stereocenters. The number of hydrogen-bond donors (Lipinski definition) is 4. The van der Waals surface area contributed by atoms with Crippen LogP contribution in [0.5, 0.6) is 5.75 Å². The molecule has 1 aliphatic rings. The molecule has 0 bridgehead atoms. The predicted octanol–water partition coefficient (Wildman–Crippen LogP) is 4.05. The van der Waals surface area contributed by atoms with Gasteiger partial charge in [0, 0.05) is 12.2 Å². The van der Waals surface area contributed by atoms with Crippen molar-refractivity contribution < 1.29 is 13.2 Å². The summed E-state index contributed by atoms with van der Waals surface area (Å²) in [5, 5.41) is 6.73. The summed E-state index contributed by atoms with van der Waals surface area (Å²) in [5.74, 6) is 1.98. The Kier molecular flexibility index (Phi) is 8.40. The summed E-state index contributed by atoms with van der Waals surface area (Å²) in [5.41, 5.74) is 3.46. The molecule has 1 aliphatic heterocycles. The van der Waals surface area contributed by atoms with Gasteiger partial charge in [-0.3, -0.25) is 0 Å². The zero-order chi connectivity index (χ0) is 24.8. The molecule has 1 aromatic heterocycles. The average Bonchev–Trinajstić information content (AvgIpc) is 2.86. The fourth-order valence-corrected chi connectivity index (χ4v) is 4.55. The van der Waals surface area contributed by atoms with Crippen LogP contribution in [0.1, 0.15) is 29.9 Å². The van der Waals surface area contributed by atoms with Crippen LogP contribution in [-0.4, -0.2) is 50.5 Å². The fraction of sp³-hybridized carbons (Fsp3) is 0.333. The van der Waals surface area contributed by atoms with E-state index in [-0.39, 0.29) is 6.54 Å². The first kappa shape index (κ1) is 25.2. The summed E-state index contributed by atoms with van der Waals surface area (Å²) in [6, 6.07) is 13.5. The standard InChI is InChI=1S/C24H29ClN6O3S/c1-31-11-9-16(10-12-31)17-7-8-21(22(13-17)34-2)29-24-26-15-19(25)23(30-24)28-20-6-4-3-5-18(20)14-27-35(32)33/h3-8,13,15-16,35H,9-12,14H2,1-2H3,(H,27,32,33)(H2,26,28,29,30). The lowest BCUT2D eigenvalue weighted by Crippen LogP contribution is -2.29. The van der Waals surface area contributed by atoms with E-state index >= 15 is 0 Å². The molecule has 3 aromatic rings. The topological polar surface area (TPSA) is 108 Å². The van der Waals surface area contributed by atoms with Crippen molar-refractivity contribution in [3.05, 3.63) is 64.8 Å². The molecule has 0 aliphatic carbocycles. The van der Waals surface area contributed by atoms with Crippen molar-refractivity contribution in [3.8, 4) is 5.75 Å². The summed E-state index contributed by atoms with van der Waals surface area (Å²) in [6.07, 6.45) is 3.77. The molecule has 35 heavy (non-hydrogen) atoms. The van der Waals surface area contributed by atoms with E-state index in [4.69, 9.17) is 16.3 Å². The summed E-state index contributed by atoms with van der Waals surface area (Å²) < 4.78 is 29.9. The largest absolute Gasteiger partial charge is 0.495 e. The number of nitrogens with one attached hydrogen (secondary N) is 3. The minimum absolute atomic E-state index is 0.149. The molecular weight excluding hydrogens is 488 g/mol. The Bertz CT molecular complexity index is 1240. The van der Waals surface area contributed by atoms with Crippen LogP contribution in [0.2, 0.25) is 5.02 Å². The van der Waals surface area contributed by atoms with Gasteiger partial charge in [-0.05, 0) is 68.2 Å². The van der Waals surface area contributed by atoms with E-state index in [1.807, 2.05) is 30.3 Å². The number of ether oxygens (including phenoxy) is 1. The first-order valence-corrected chi connectivity index (χ1v) is 12.9. The van der Waals surface area contributed by atoms with E-state index in [1.54, 1.807) is 7.11 Å². The quantitative estimate of drug-likeness (QED) is 0.315. The Morgan fingerprint density at radius 3 is 2.63 bits per heavy atom. The molecule has 0 radical (unpaired) electrons. The Morgan fingerprint density at radius 1 is 1.11 bits per heavy atom. The van der Waals surface area contributed by atoms with Gasteiger partial charge in [0.25, 0.3) is 0 Å². The third kappa shape index (κ3) is 6.61. The minimum Gasteiger partial charge on any atom is -0.495 e. The lowest BCUT2D eigenvalue weighted by atomic mass is 9.89. The van der Waals surface area contributed by atoms with Crippen molar-refractivity contribution in [1.82, 2.24) is 19.6 Å². The first-order chi connectivity index (χ1) is 16.9. The van der Waals surface area contributed by atoms with Crippen LogP contribution < -0.4 is 20.1 Å². The van der Waals surface area contributed by atoms with Gasteiger partial charge in [-0.25, -0.2) is 18.1 Å². The number of hydrogen-bond acceptors (Lipinski definition) is 8. The van der Waals surface area contributed by atoms with Gasteiger partial charge in [0.2, 0.25) is 16.8 Å². The van der Waals surface area contributed by atoms with E-state index in [1.165, 1.54) is 11.8 Å². The van der Waals surface area contributed by atoms with E-state index in [0.717, 1.165) is 42.9 Å². The van der Waals surface area contributed by atoms with Crippen LogP contribution in [0.15, 0.2) is 48.7 Å². The number of piperidine rings is 1. The number of nitrogens with zero attached hydrogens (tertiary/aromatic N) is 3. The van der Waals surface area contributed by atoms with Crippen molar-refractivity contribution in [2.24, 2.45) is 0 Å². The van der Waals surface area contributed by atoms with Crippen molar-refractivity contribution in [1.29, 1.82) is 0 Å². The number of anilines is 4. The molecule has 4 rings (SSSR count). The highest BCUT2D eigenvalue weighted by Gasteiger charge is 2.20. The van der Waals surface area contributed by atoms with Crippen molar-refractivity contribution in [3.63, 3.8) is 0 Å². The molecule has 0 spiro atoms. The van der Waals surface area contributed by atoms with Crippen molar-refractivity contribution in [2.75, 3.05) is 37.9 Å². The van der Waals surface area contributed by atoms with Crippen LogP contribution in [-0.2, 0) is 17.4 Å². The summed E-state index contributed by atoms with van der Waals surface area (Å²) >= 11 is 6.35. The molecule has 9 nitrogen and oxygen atoms in total.